The molecule has 0 spiro atoms. The van der Waals surface area contributed by atoms with E-state index in [2.05, 4.69) is 10.2 Å². The molecule has 0 aliphatic rings. The van der Waals surface area contributed by atoms with Crippen molar-refractivity contribution in [1.82, 2.24) is 10.2 Å². The van der Waals surface area contributed by atoms with E-state index >= 15 is 0 Å². The van der Waals surface area contributed by atoms with Gasteiger partial charge in [0.2, 0.25) is 0 Å². The first-order valence-electron chi connectivity index (χ1n) is 7.30. The van der Waals surface area contributed by atoms with Crippen LogP contribution in [0.3, 0.4) is 0 Å². The third-order valence-electron chi connectivity index (χ3n) is 3.87. The molecule has 2 N–H and O–H groups in total. The number of carboxylic acids is 1. The summed E-state index contributed by atoms with van der Waals surface area (Å²) in [6.45, 7) is 0. The molecular formula is C18H14Cl2N2O2. The third kappa shape index (κ3) is 3.61. The van der Waals surface area contributed by atoms with Crippen LogP contribution in [-0.2, 0) is 4.79 Å². The molecule has 0 aliphatic heterocycles. The summed E-state index contributed by atoms with van der Waals surface area (Å²) in [6, 6.07) is 13.0. The van der Waals surface area contributed by atoms with Gasteiger partial charge in [-0.2, -0.15) is 5.10 Å². The van der Waals surface area contributed by atoms with Gasteiger partial charge in [0.25, 0.3) is 0 Å². The van der Waals surface area contributed by atoms with Gasteiger partial charge in [0.1, 0.15) is 0 Å². The minimum absolute atomic E-state index is 0.0248. The molecule has 0 saturated carbocycles. The highest BCUT2D eigenvalue weighted by molar-refractivity contribution is 6.42. The van der Waals surface area contributed by atoms with E-state index in [0.29, 0.717) is 10.0 Å². The van der Waals surface area contributed by atoms with Crippen LogP contribution in [0.1, 0.15) is 23.5 Å². The van der Waals surface area contributed by atoms with E-state index in [0.717, 1.165) is 22.3 Å². The number of carbonyl (C=O) groups is 1. The van der Waals surface area contributed by atoms with Gasteiger partial charge in [0.15, 0.2) is 0 Å². The number of carboxylic acid groups (broad SMARTS) is 1. The molecule has 3 rings (SSSR count). The van der Waals surface area contributed by atoms with Crippen molar-refractivity contribution in [2.75, 3.05) is 0 Å². The van der Waals surface area contributed by atoms with Crippen molar-refractivity contribution in [1.29, 1.82) is 0 Å². The lowest BCUT2D eigenvalue weighted by Crippen LogP contribution is -2.08. The Morgan fingerprint density at radius 3 is 2.33 bits per heavy atom. The van der Waals surface area contributed by atoms with Crippen LogP contribution < -0.4 is 0 Å². The normalized spacial score (nSPS) is 12.1. The Kier molecular flexibility index (Phi) is 4.88. The molecule has 4 nitrogen and oxygen atoms in total. The van der Waals surface area contributed by atoms with E-state index < -0.39 is 5.97 Å². The number of aromatic nitrogens is 2. The lowest BCUT2D eigenvalue weighted by atomic mass is 9.88. The zero-order chi connectivity index (χ0) is 17.1. The second-order valence-electron chi connectivity index (χ2n) is 5.43. The van der Waals surface area contributed by atoms with Crippen molar-refractivity contribution in [3.63, 3.8) is 0 Å². The summed E-state index contributed by atoms with van der Waals surface area (Å²) in [5, 5.41) is 16.8. The highest BCUT2D eigenvalue weighted by Gasteiger charge is 2.19. The highest BCUT2D eigenvalue weighted by atomic mass is 35.5. The lowest BCUT2D eigenvalue weighted by Gasteiger charge is -2.17. The monoisotopic (exact) mass is 360 g/mol. The van der Waals surface area contributed by atoms with Gasteiger partial charge in [-0.1, -0.05) is 53.5 Å². The summed E-state index contributed by atoms with van der Waals surface area (Å²) in [5.41, 5.74) is 3.72. The number of aliphatic carboxylic acids is 1. The average molecular weight is 361 g/mol. The highest BCUT2D eigenvalue weighted by Crippen LogP contribution is 2.33. The van der Waals surface area contributed by atoms with E-state index in [1.54, 1.807) is 18.3 Å². The first-order valence-corrected chi connectivity index (χ1v) is 8.06. The lowest BCUT2D eigenvalue weighted by molar-refractivity contribution is -0.137. The number of hydrogen-bond acceptors (Lipinski definition) is 2. The molecule has 1 atom stereocenters. The average Bonchev–Trinajstić information content (AvgIpc) is 3.10. The zero-order valence-electron chi connectivity index (χ0n) is 12.5. The second-order valence-corrected chi connectivity index (χ2v) is 6.25. The zero-order valence-corrected chi connectivity index (χ0v) is 14.1. The van der Waals surface area contributed by atoms with Crippen LogP contribution in [0.5, 0.6) is 0 Å². The van der Waals surface area contributed by atoms with Crippen molar-refractivity contribution in [3.8, 4) is 11.1 Å². The van der Waals surface area contributed by atoms with Gasteiger partial charge in [-0.25, -0.2) is 0 Å². The van der Waals surface area contributed by atoms with Crippen molar-refractivity contribution < 1.29 is 9.90 Å². The minimum Gasteiger partial charge on any atom is -0.481 e. The van der Waals surface area contributed by atoms with E-state index in [9.17, 15) is 9.90 Å². The van der Waals surface area contributed by atoms with Crippen LogP contribution in [-0.4, -0.2) is 21.3 Å². The van der Waals surface area contributed by atoms with E-state index in [1.165, 1.54) is 0 Å². The molecule has 122 valence electrons. The number of nitrogens with zero attached hydrogens (tertiary/aromatic N) is 1. The first-order chi connectivity index (χ1) is 11.5. The van der Waals surface area contributed by atoms with Crippen LogP contribution in [0.25, 0.3) is 11.1 Å². The summed E-state index contributed by atoms with van der Waals surface area (Å²) >= 11 is 12.0. The number of hydrogen-bond donors (Lipinski definition) is 2. The second kappa shape index (κ2) is 7.07. The van der Waals surface area contributed by atoms with Gasteiger partial charge in [-0.15, -0.1) is 0 Å². The Morgan fingerprint density at radius 1 is 1.04 bits per heavy atom. The quantitative estimate of drug-likeness (QED) is 0.673. The fourth-order valence-electron chi connectivity index (χ4n) is 2.65. The van der Waals surface area contributed by atoms with Crippen LogP contribution >= 0.6 is 23.2 Å². The topological polar surface area (TPSA) is 66.0 Å². The summed E-state index contributed by atoms with van der Waals surface area (Å²) < 4.78 is 0. The van der Waals surface area contributed by atoms with Gasteiger partial charge >= 0.3 is 5.97 Å². The molecule has 2 aromatic carbocycles. The Balaban J connectivity index is 1.96. The van der Waals surface area contributed by atoms with E-state index in [1.807, 2.05) is 36.5 Å². The Hall–Kier alpha value is -2.30. The molecule has 1 aromatic heterocycles. The van der Waals surface area contributed by atoms with Gasteiger partial charge < -0.3 is 5.11 Å². The van der Waals surface area contributed by atoms with Crippen molar-refractivity contribution in [2.24, 2.45) is 0 Å². The standard InChI is InChI=1S/C18H14Cl2N2O2/c19-16-6-5-13(7-17(16)20)15(8-18(23)24)12-3-1-11(2-4-12)14-9-21-22-10-14/h1-7,9-10,15H,8H2,(H,21,22)(H,23,24). The fraction of sp³-hybridized carbons (Fsp3) is 0.111. The van der Waals surface area contributed by atoms with Crippen LogP contribution in [0.4, 0.5) is 0 Å². The molecule has 24 heavy (non-hydrogen) atoms. The summed E-state index contributed by atoms with van der Waals surface area (Å²) in [7, 11) is 0. The van der Waals surface area contributed by atoms with Gasteiger partial charge in [-0.05, 0) is 28.8 Å². The molecule has 0 aliphatic carbocycles. The molecule has 0 saturated heterocycles. The first kappa shape index (κ1) is 16.6. The van der Waals surface area contributed by atoms with Crippen molar-refractivity contribution in [2.45, 2.75) is 12.3 Å². The number of benzene rings is 2. The summed E-state index contributed by atoms with van der Waals surface area (Å²) in [5.74, 6) is -1.17. The molecule has 0 amide bonds. The van der Waals surface area contributed by atoms with E-state index in [4.69, 9.17) is 23.2 Å². The minimum atomic E-state index is -0.870. The molecule has 0 bridgehead atoms. The Labute approximate surface area is 149 Å². The molecule has 6 heteroatoms. The van der Waals surface area contributed by atoms with Gasteiger partial charge in [-0.3, -0.25) is 9.89 Å². The fourth-order valence-corrected chi connectivity index (χ4v) is 2.96. The summed E-state index contributed by atoms with van der Waals surface area (Å²) in [6.07, 6.45) is 3.52. The predicted molar refractivity (Wildman–Crippen MR) is 94.6 cm³/mol. The molecular weight excluding hydrogens is 347 g/mol. The number of halogens is 2. The SMILES string of the molecule is O=C(O)CC(c1ccc(-c2cn[nH]c2)cc1)c1ccc(Cl)c(Cl)c1. The van der Waals surface area contributed by atoms with E-state index in [-0.39, 0.29) is 12.3 Å². The van der Waals surface area contributed by atoms with Crippen molar-refractivity contribution in [3.05, 3.63) is 76.0 Å². The van der Waals surface area contributed by atoms with Crippen LogP contribution in [0, 0.1) is 0 Å². The Bertz CT molecular complexity index is 846. The van der Waals surface area contributed by atoms with Crippen LogP contribution in [0.15, 0.2) is 54.9 Å². The number of aromatic amines is 1. The molecule has 3 aromatic rings. The predicted octanol–water partition coefficient (Wildman–Crippen LogP) is 4.99. The number of rotatable bonds is 5. The number of H-pyrrole nitrogens is 1. The smallest absolute Gasteiger partial charge is 0.304 e. The largest absolute Gasteiger partial charge is 0.481 e. The maximum atomic E-state index is 11.3. The van der Waals surface area contributed by atoms with Crippen molar-refractivity contribution >= 4 is 29.2 Å². The van der Waals surface area contributed by atoms with Gasteiger partial charge in [0, 0.05) is 17.7 Å². The molecule has 0 radical (unpaired) electrons. The molecule has 0 fully saturated rings. The summed E-state index contributed by atoms with van der Waals surface area (Å²) in [4.78, 5) is 11.3. The maximum absolute atomic E-state index is 11.3. The van der Waals surface area contributed by atoms with Crippen LogP contribution in [0.2, 0.25) is 10.0 Å². The number of nitrogens with one attached hydrogen (secondary N) is 1. The Morgan fingerprint density at radius 2 is 1.75 bits per heavy atom. The maximum Gasteiger partial charge on any atom is 0.304 e. The third-order valence-corrected chi connectivity index (χ3v) is 4.61. The molecule has 1 heterocycles. The molecule has 1 unspecified atom stereocenters. The van der Waals surface area contributed by atoms with Gasteiger partial charge in [0.05, 0.1) is 22.7 Å².